The van der Waals surface area contributed by atoms with Crippen molar-refractivity contribution < 1.29 is 18.0 Å². The van der Waals surface area contributed by atoms with E-state index in [0.717, 1.165) is 34.2 Å². The number of nitrogens with one attached hydrogen (secondary N) is 1. The summed E-state index contributed by atoms with van der Waals surface area (Å²) in [4.78, 5) is 21.8. The van der Waals surface area contributed by atoms with Gasteiger partial charge in [-0.15, -0.1) is 0 Å². The second-order valence-electron chi connectivity index (χ2n) is 8.20. The minimum absolute atomic E-state index is 0.150. The number of carbonyl (C=O) groups is 1. The van der Waals surface area contributed by atoms with Gasteiger partial charge in [-0.05, 0) is 77.5 Å². The number of nitrogens with zero attached hydrogens (tertiary/aromatic N) is 2. The Morgan fingerprint density at radius 3 is 2.50 bits per heavy atom. The highest BCUT2D eigenvalue weighted by molar-refractivity contribution is 6.08. The van der Waals surface area contributed by atoms with Crippen molar-refractivity contribution in [2.24, 2.45) is 0 Å². The normalized spacial score (nSPS) is 11.8. The van der Waals surface area contributed by atoms with Crippen LogP contribution in [0.15, 0.2) is 79.1 Å². The van der Waals surface area contributed by atoms with Gasteiger partial charge in [-0.3, -0.25) is 14.7 Å². The quantitative estimate of drug-likeness (QED) is 0.306. The maximum atomic E-state index is 13.4. The average Bonchev–Trinajstić information content (AvgIpc) is 3.28. The lowest BCUT2D eigenvalue weighted by atomic mass is 9.99. The third kappa shape index (κ3) is 3.79. The highest BCUT2D eigenvalue weighted by Crippen LogP contribution is 2.39. The molecule has 2 aromatic heterocycles. The fourth-order valence-corrected chi connectivity index (χ4v) is 4.28. The number of pyridine rings is 1. The van der Waals surface area contributed by atoms with E-state index in [4.69, 9.17) is 0 Å². The van der Waals surface area contributed by atoms with E-state index in [1.165, 1.54) is 24.0 Å². The number of hydrogen-bond acceptors (Lipinski definition) is 2. The number of H-pyrrole nitrogens is 1. The molecule has 0 unspecified atom stereocenters. The van der Waals surface area contributed by atoms with Crippen molar-refractivity contribution in [3.8, 4) is 11.1 Å². The Morgan fingerprint density at radius 1 is 0.971 bits per heavy atom. The van der Waals surface area contributed by atoms with Crippen molar-refractivity contribution in [1.29, 1.82) is 0 Å². The van der Waals surface area contributed by atoms with Crippen LogP contribution in [0.3, 0.4) is 0 Å². The van der Waals surface area contributed by atoms with Gasteiger partial charge in [0.05, 0.1) is 16.8 Å². The molecule has 1 N–H and O–H groups in total. The highest BCUT2D eigenvalue weighted by Gasteiger charge is 2.31. The molecule has 0 aliphatic heterocycles. The van der Waals surface area contributed by atoms with Gasteiger partial charge in [0.25, 0.3) is 0 Å². The van der Waals surface area contributed by atoms with Crippen LogP contribution < -0.4 is 4.90 Å². The summed E-state index contributed by atoms with van der Waals surface area (Å²) in [5.41, 5.74) is 4.09. The second-order valence-corrected chi connectivity index (χ2v) is 8.20. The summed E-state index contributed by atoms with van der Waals surface area (Å²) in [7, 11) is 0. The van der Waals surface area contributed by atoms with Gasteiger partial charge in [-0.25, -0.2) is 0 Å². The molecule has 0 bridgehead atoms. The minimum atomic E-state index is -4.52. The molecule has 0 aliphatic rings. The molecule has 0 radical (unpaired) electrons. The molecule has 0 spiro atoms. The number of aromatic nitrogens is 2. The summed E-state index contributed by atoms with van der Waals surface area (Å²) in [5.74, 6) is -0.394. The van der Waals surface area contributed by atoms with Gasteiger partial charge in [0.15, 0.2) is 0 Å². The molecule has 170 valence electrons. The lowest BCUT2D eigenvalue weighted by molar-refractivity contribution is -0.137. The first-order chi connectivity index (χ1) is 16.2. The van der Waals surface area contributed by atoms with E-state index in [-0.39, 0.29) is 5.69 Å². The van der Waals surface area contributed by atoms with Crippen LogP contribution in [0.25, 0.3) is 32.9 Å². The zero-order valence-electron chi connectivity index (χ0n) is 18.4. The van der Waals surface area contributed by atoms with E-state index in [9.17, 15) is 18.0 Å². The van der Waals surface area contributed by atoms with Crippen LogP contribution in [0.5, 0.6) is 0 Å². The number of hydrogen-bond donors (Lipinski definition) is 1. The molecular formula is C27H20F3N3O. The number of halogens is 3. The molecule has 5 aromatic rings. The lowest BCUT2D eigenvalue weighted by Gasteiger charge is -2.25. The summed E-state index contributed by atoms with van der Waals surface area (Å²) in [6.45, 7) is 3.14. The van der Waals surface area contributed by atoms with Crippen molar-refractivity contribution in [2.45, 2.75) is 20.0 Å². The number of aromatic amines is 1. The van der Waals surface area contributed by atoms with Crippen molar-refractivity contribution in [3.63, 3.8) is 0 Å². The molecular weight excluding hydrogens is 439 g/mol. The molecule has 0 saturated heterocycles. The van der Waals surface area contributed by atoms with Gasteiger partial charge in [0.1, 0.15) is 0 Å². The van der Waals surface area contributed by atoms with Crippen LogP contribution in [-0.4, -0.2) is 15.9 Å². The number of carbonyl (C=O) groups excluding carboxylic acids is 1. The van der Waals surface area contributed by atoms with Gasteiger partial charge in [0.2, 0.25) is 5.91 Å². The molecule has 2 heterocycles. The number of benzene rings is 3. The summed E-state index contributed by atoms with van der Waals surface area (Å²) >= 11 is 0. The second kappa shape index (κ2) is 8.02. The number of fused-ring (bicyclic) bond motifs is 2. The van der Waals surface area contributed by atoms with E-state index in [0.29, 0.717) is 22.2 Å². The van der Waals surface area contributed by atoms with Crippen molar-refractivity contribution >= 4 is 39.1 Å². The first kappa shape index (κ1) is 21.7. The topological polar surface area (TPSA) is 49.0 Å². The Kier molecular flexibility index (Phi) is 5.12. The highest BCUT2D eigenvalue weighted by atomic mass is 19.4. The predicted molar refractivity (Wildman–Crippen MR) is 128 cm³/mol. The van der Waals surface area contributed by atoms with Crippen LogP contribution in [0.4, 0.5) is 24.5 Å². The third-order valence-electron chi connectivity index (χ3n) is 5.88. The molecule has 7 heteroatoms. The van der Waals surface area contributed by atoms with Crippen LogP contribution in [-0.2, 0) is 11.0 Å². The first-order valence-electron chi connectivity index (χ1n) is 10.7. The fourth-order valence-electron chi connectivity index (χ4n) is 4.28. The standard InChI is InChI=1S/C27H20F3N3O/c1-16-15-32-25-9-7-19(18-6-8-24-20(12-18)10-11-31-24)13-23(25)26(16)33(17(2)34)22-5-3-4-21(14-22)27(28,29)30/h3-15,31H,1-2H3. The number of anilines is 2. The van der Waals surface area contributed by atoms with Crippen LogP contribution in [0, 0.1) is 6.92 Å². The van der Waals surface area contributed by atoms with Gasteiger partial charge < -0.3 is 4.98 Å². The number of aryl methyl sites for hydroxylation is 1. The molecule has 0 saturated carbocycles. The van der Waals surface area contributed by atoms with Gasteiger partial charge >= 0.3 is 6.18 Å². The molecule has 4 nitrogen and oxygen atoms in total. The maximum Gasteiger partial charge on any atom is 0.416 e. The Bertz CT molecular complexity index is 1550. The fraction of sp³-hybridized carbons (Fsp3) is 0.111. The Labute approximate surface area is 193 Å². The van der Waals surface area contributed by atoms with Crippen molar-refractivity contribution in [1.82, 2.24) is 9.97 Å². The van der Waals surface area contributed by atoms with E-state index >= 15 is 0 Å². The molecule has 34 heavy (non-hydrogen) atoms. The maximum absolute atomic E-state index is 13.4. The predicted octanol–water partition coefficient (Wildman–Crippen LogP) is 7.39. The number of amides is 1. The third-order valence-corrected chi connectivity index (χ3v) is 5.88. The summed E-state index contributed by atoms with van der Waals surface area (Å²) < 4.78 is 40.1. The molecule has 5 rings (SSSR count). The van der Waals surface area contributed by atoms with Crippen LogP contribution >= 0.6 is 0 Å². The monoisotopic (exact) mass is 459 g/mol. The molecule has 0 atom stereocenters. The molecule has 0 fully saturated rings. The van der Waals surface area contributed by atoms with E-state index in [1.807, 2.05) is 42.6 Å². The Hall–Kier alpha value is -4.13. The zero-order chi connectivity index (χ0) is 24.0. The molecule has 3 aromatic carbocycles. The SMILES string of the molecule is CC(=O)N(c1cccc(C(F)(F)F)c1)c1c(C)cnc2ccc(-c3ccc4[nH]ccc4c3)cc12. The smallest absolute Gasteiger partial charge is 0.361 e. The Balaban J connectivity index is 1.72. The zero-order valence-corrected chi connectivity index (χ0v) is 18.4. The van der Waals surface area contributed by atoms with E-state index in [2.05, 4.69) is 16.0 Å². The number of alkyl halides is 3. The van der Waals surface area contributed by atoms with Crippen molar-refractivity contribution in [2.75, 3.05) is 4.90 Å². The van der Waals surface area contributed by atoms with E-state index < -0.39 is 17.6 Å². The lowest BCUT2D eigenvalue weighted by Crippen LogP contribution is -2.24. The van der Waals surface area contributed by atoms with E-state index in [1.54, 1.807) is 13.1 Å². The van der Waals surface area contributed by atoms with Gasteiger partial charge in [-0.1, -0.05) is 18.2 Å². The van der Waals surface area contributed by atoms with Crippen molar-refractivity contribution in [3.05, 3.63) is 90.3 Å². The van der Waals surface area contributed by atoms with Gasteiger partial charge in [-0.2, -0.15) is 13.2 Å². The van der Waals surface area contributed by atoms with Crippen LogP contribution in [0.2, 0.25) is 0 Å². The van der Waals surface area contributed by atoms with Crippen LogP contribution in [0.1, 0.15) is 18.1 Å². The average molecular weight is 459 g/mol. The minimum Gasteiger partial charge on any atom is -0.361 e. The first-order valence-corrected chi connectivity index (χ1v) is 10.7. The summed E-state index contributed by atoms with van der Waals surface area (Å²) in [6, 6.07) is 18.6. The summed E-state index contributed by atoms with van der Waals surface area (Å²) in [5, 5.41) is 1.74. The number of rotatable bonds is 3. The largest absolute Gasteiger partial charge is 0.416 e. The summed E-state index contributed by atoms with van der Waals surface area (Å²) in [6.07, 6.45) is -1.01. The molecule has 1 amide bonds. The van der Waals surface area contributed by atoms with Gasteiger partial charge in [0, 0.05) is 35.9 Å². The Morgan fingerprint density at radius 2 is 1.74 bits per heavy atom. The molecule has 0 aliphatic carbocycles.